The molecule has 0 saturated heterocycles. The van der Waals surface area contributed by atoms with Crippen molar-refractivity contribution in [2.24, 2.45) is 7.05 Å². The van der Waals surface area contributed by atoms with Gasteiger partial charge in [0.1, 0.15) is 18.1 Å². The van der Waals surface area contributed by atoms with Gasteiger partial charge in [0, 0.05) is 24.2 Å². The van der Waals surface area contributed by atoms with Crippen molar-refractivity contribution in [3.8, 4) is 29.5 Å². The number of halogens is 1. The third-order valence-electron chi connectivity index (χ3n) is 3.88. The molecule has 0 fully saturated rings. The molecule has 0 bridgehead atoms. The summed E-state index contributed by atoms with van der Waals surface area (Å²) >= 11 is 6.12. The van der Waals surface area contributed by atoms with Crippen molar-refractivity contribution in [3.63, 3.8) is 0 Å². The van der Waals surface area contributed by atoms with E-state index in [0.29, 0.717) is 28.1 Å². The number of aromatic nitrogens is 4. The summed E-state index contributed by atoms with van der Waals surface area (Å²) in [5.41, 5.74) is 1.86. The van der Waals surface area contributed by atoms with Gasteiger partial charge in [-0.05, 0) is 41.1 Å². The molecular weight excluding hydrogens is 356 g/mol. The number of hydrogen-bond donors (Lipinski definition) is 1. The molecular formula is C18H15ClN4O3. The molecule has 7 nitrogen and oxygen atoms in total. The second-order valence-electron chi connectivity index (χ2n) is 5.60. The van der Waals surface area contributed by atoms with Crippen LogP contribution in [0.4, 0.5) is 0 Å². The van der Waals surface area contributed by atoms with Crippen LogP contribution in [0.5, 0.6) is 11.5 Å². The molecule has 0 saturated carbocycles. The van der Waals surface area contributed by atoms with Gasteiger partial charge in [-0.1, -0.05) is 23.6 Å². The smallest absolute Gasteiger partial charge is 0.368 e. The number of phenolic OH excluding ortho intramolecular Hbond substituents is 1. The van der Waals surface area contributed by atoms with Crippen molar-refractivity contribution < 1.29 is 9.84 Å². The number of hydrogen-bond acceptors (Lipinski definition) is 5. The lowest BCUT2D eigenvalue weighted by Crippen LogP contribution is -2.23. The molecule has 0 unspecified atom stereocenters. The molecule has 0 atom stereocenters. The van der Waals surface area contributed by atoms with Crippen LogP contribution >= 0.6 is 11.6 Å². The maximum Gasteiger partial charge on any atom is 0.368 e. The Balaban J connectivity index is 2.03. The summed E-state index contributed by atoms with van der Waals surface area (Å²) in [4.78, 5) is 12.2. The molecule has 1 N–H and O–H groups in total. The third-order valence-corrected chi connectivity index (χ3v) is 4.17. The van der Waals surface area contributed by atoms with E-state index in [1.165, 1.54) is 13.1 Å². The number of nitrogens with zero attached hydrogens (tertiary/aromatic N) is 4. The van der Waals surface area contributed by atoms with Crippen LogP contribution in [0.25, 0.3) is 5.69 Å². The lowest BCUT2D eigenvalue weighted by atomic mass is 10.1. The summed E-state index contributed by atoms with van der Waals surface area (Å²) in [5.74, 6) is 3.06. The van der Waals surface area contributed by atoms with Crippen LogP contribution in [0.15, 0.2) is 35.1 Å². The van der Waals surface area contributed by atoms with Gasteiger partial charge in [-0.25, -0.2) is 4.79 Å². The van der Waals surface area contributed by atoms with Gasteiger partial charge in [-0.3, -0.25) is 0 Å². The van der Waals surface area contributed by atoms with E-state index >= 15 is 0 Å². The number of aromatic hydroxyl groups is 1. The van der Waals surface area contributed by atoms with E-state index in [-0.39, 0.29) is 17.4 Å². The van der Waals surface area contributed by atoms with E-state index in [4.69, 9.17) is 22.8 Å². The van der Waals surface area contributed by atoms with Gasteiger partial charge in [-0.15, -0.1) is 6.42 Å². The molecule has 0 spiro atoms. The van der Waals surface area contributed by atoms with E-state index in [1.807, 2.05) is 0 Å². The minimum absolute atomic E-state index is 0.0582. The average Bonchev–Trinajstić information content (AvgIpc) is 2.95. The van der Waals surface area contributed by atoms with Gasteiger partial charge in [-0.2, -0.15) is 9.36 Å². The highest BCUT2D eigenvalue weighted by Gasteiger charge is 2.15. The molecule has 0 amide bonds. The molecule has 3 rings (SSSR count). The van der Waals surface area contributed by atoms with Crippen molar-refractivity contribution >= 4 is 11.6 Å². The first-order chi connectivity index (χ1) is 12.4. The Morgan fingerprint density at radius 2 is 2.12 bits per heavy atom. The Kier molecular flexibility index (Phi) is 4.69. The minimum atomic E-state index is -0.404. The molecule has 0 aliphatic carbocycles. The first-order valence-corrected chi connectivity index (χ1v) is 8.00. The SMILES string of the molecule is C#Cc1cccc(-n2nnn(C)c2=O)c1COc1cc(C)c(O)cc1Cl. The summed E-state index contributed by atoms with van der Waals surface area (Å²) in [7, 11) is 1.51. The van der Waals surface area contributed by atoms with Crippen LogP contribution in [-0.4, -0.2) is 24.9 Å². The van der Waals surface area contributed by atoms with E-state index < -0.39 is 5.69 Å². The number of ether oxygens (including phenoxy) is 1. The highest BCUT2D eigenvalue weighted by atomic mass is 35.5. The average molecular weight is 371 g/mol. The molecule has 132 valence electrons. The molecule has 2 aromatic carbocycles. The van der Waals surface area contributed by atoms with E-state index in [2.05, 4.69) is 16.3 Å². The molecule has 0 radical (unpaired) electrons. The predicted molar refractivity (Wildman–Crippen MR) is 96.7 cm³/mol. The van der Waals surface area contributed by atoms with Crippen LogP contribution in [0.3, 0.4) is 0 Å². The summed E-state index contributed by atoms with van der Waals surface area (Å²) in [6.45, 7) is 1.79. The molecule has 1 aromatic heterocycles. The number of phenols is 1. The van der Waals surface area contributed by atoms with Gasteiger partial charge in [0.2, 0.25) is 0 Å². The van der Waals surface area contributed by atoms with E-state index in [1.54, 1.807) is 31.2 Å². The Labute approximate surface area is 154 Å². The second kappa shape index (κ2) is 6.94. The highest BCUT2D eigenvalue weighted by molar-refractivity contribution is 6.32. The lowest BCUT2D eigenvalue weighted by Gasteiger charge is -2.14. The van der Waals surface area contributed by atoms with Crippen LogP contribution < -0.4 is 10.4 Å². The van der Waals surface area contributed by atoms with Gasteiger partial charge in [0.25, 0.3) is 0 Å². The third kappa shape index (κ3) is 3.15. The Bertz CT molecular complexity index is 1080. The van der Waals surface area contributed by atoms with Crippen molar-refractivity contribution in [2.45, 2.75) is 13.5 Å². The molecule has 1 heterocycles. The second-order valence-corrected chi connectivity index (χ2v) is 6.01. The summed E-state index contributed by atoms with van der Waals surface area (Å²) in [5, 5.41) is 17.5. The largest absolute Gasteiger partial charge is 0.508 e. The predicted octanol–water partition coefficient (Wildman–Crippen LogP) is 2.19. The summed E-state index contributed by atoms with van der Waals surface area (Å²) in [6, 6.07) is 8.22. The maximum absolute atomic E-state index is 12.2. The van der Waals surface area contributed by atoms with Crippen molar-refractivity contribution in [1.82, 2.24) is 19.8 Å². The number of terminal acetylenes is 1. The van der Waals surface area contributed by atoms with Crippen LogP contribution in [-0.2, 0) is 13.7 Å². The number of rotatable bonds is 4. The Morgan fingerprint density at radius 3 is 2.77 bits per heavy atom. The van der Waals surface area contributed by atoms with Gasteiger partial charge in [0.05, 0.1) is 10.7 Å². The van der Waals surface area contributed by atoms with Gasteiger partial charge in [0.15, 0.2) is 0 Å². The lowest BCUT2D eigenvalue weighted by molar-refractivity contribution is 0.304. The summed E-state index contributed by atoms with van der Waals surface area (Å²) < 4.78 is 8.08. The topological polar surface area (TPSA) is 82.2 Å². The van der Waals surface area contributed by atoms with Gasteiger partial charge < -0.3 is 9.84 Å². The zero-order chi connectivity index (χ0) is 18.8. The van der Waals surface area contributed by atoms with Crippen LogP contribution in [0.2, 0.25) is 5.02 Å². The normalized spacial score (nSPS) is 10.5. The molecule has 0 aliphatic rings. The maximum atomic E-state index is 12.2. The minimum Gasteiger partial charge on any atom is -0.508 e. The Morgan fingerprint density at radius 1 is 1.35 bits per heavy atom. The highest BCUT2D eigenvalue weighted by Crippen LogP contribution is 2.32. The first-order valence-electron chi connectivity index (χ1n) is 7.62. The van der Waals surface area contributed by atoms with E-state index in [9.17, 15) is 9.90 Å². The molecule has 0 aliphatic heterocycles. The number of benzene rings is 2. The monoisotopic (exact) mass is 370 g/mol. The van der Waals surface area contributed by atoms with Crippen LogP contribution in [0, 0.1) is 19.3 Å². The molecule has 3 aromatic rings. The van der Waals surface area contributed by atoms with Crippen molar-refractivity contribution in [3.05, 3.63) is 62.5 Å². The zero-order valence-electron chi connectivity index (χ0n) is 14.1. The molecule has 26 heavy (non-hydrogen) atoms. The summed E-state index contributed by atoms with van der Waals surface area (Å²) in [6.07, 6.45) is 5.59. The fourth-order valence-corrected chi connectivity index (χ4v) is 2.64. The van der Waals surface area contributed by atoms with E-state index in [0.717, 1.165) is 9.36 Å². The number of aryl methyl sites for hydroxylation is 2. The fourth-order valence-electron chi connectivity index (χ4n) is 2.43. The number of tetrazole rings is 1. The Hall–Kier alpha value is -3.24. The zero-order valence-corrected chi connectivity index (χ0v) is 14.9. The van der Waals surface area contributed by atoms with Crippen molar-refractivity contribution in [1.29, 1.82) is 0 Å². The standard InChI is InChI=1S/C18H15ClN4O3/c1-4-12-6-5-7-15(23-18(25)22(3)20-21-23)13(12)10-26-17-8-11(2)16(24)9-14(17)19/h1,5-9,24H,10H2,2-3H3. The van der Waals surface area contributed by atoms with Crippen LogP contribution in [0.1, 0.15) is 16.7 Å². The quantitative estimate of drug-likeness (QED) is 0.712. The van der Waals surface area contributed by atoms with Gasteiger partial charge >= 0.3 is 5.69 Å². The molecule has 8 heteroatoms. The first kappa shape index (κ1) is 17.6. The fraction of sp³-hybridized carbons (Fsp3) is 0.167. The van der Waals surface area contributed by atoms with Crippen molar-refractivity contribution in [2.75, 3.05) is 0 Å².